The van der Waals surface area contributed by atoms with E-state index in [9.17, 15) is 4.57 Å². The minimum atomic E-state index is -3.88. The lowest BCUT2D eigenvalue weighted by Crippen LogP contribution is -2.12. The summed E-state index contributed by atoms with van der Waals surface area (Å²) in [5, 5.41) is 0. The van der Waals surface area contributed by atoms with Crippen molar-refractivity contribution in [3.63, 3.8) is 0 Å². The van der Waals surface area contributed by atoms with Crippen LogP contribution in [-0.2, 0) is 32.5 Å². The molecule has 9 heteroatoms. The van der Waals surface area contributed by atoms with Gasteiger partial charge >= 0.3 is 7.82 Å². The quantitative estimate of drug-likeness (QED) is 0.0718. The summed E-state index contributed by atoms with van der Waals surface area (Å²) in [6, 6.07) is 8.81. The maximum atomic E-state index is 12.9. The van der Waals surface area contributed by atoms with E-state index in [0.29, 0.717) is 38.8 Å². The number of benzene rings is 1. The zero-order valence-electron chi connectivity index (χ0n) is 20.4. The second-order valence-electron chi connectivity index (χ2n) is 7.48. The van der Waals surface area contributed by atoms with E-state index in [1.165, 1.54) is 32.1 Å². The van der Waals surface area contributed by atoms with Crippen LogP contribution >= 0.6 is 7.82 Å². The molecule has 0 aliphatic heterocycles. The molecule has 0 N–H and O–H groups in total. The summed E-state index contributed by atoms with van der Waals surface area (Å²) in [6.45, 7) is 7.34. The molecule has 1 unspecified atom stereocenters. The van der Waals surface area contributed by atoms with Crippen LogP contribution in [-0.4, -0.2) is 52.9 Å². The molecule has 0 saturated carbocycles. The average molecular weight is 491 g/mol. The van der Waals surface area contributed by atoms with Gasteiger partial charge in [0.15, 0.2) is 5.75 Å². The Hall–Kier alpha value is -0.990. The first-order valence-corrected chi connectivity index (χ1v) is 13.7. The Kier molecular flexibility index (Phi) is 19.6. The predicted molar refractivity (Wildman–Crippen MR) is 128 cm³/mol. The van der Waals surface area contributed by atoms with Crippen molar-refractivity contribution in [2.24, 2.45) is 0 Å². The van der Waals surface area contributed by atoms with Crippen molar-refractivity contribution in [1.29, 1.82) is 0 Å². The second-order valence-corrected chi connectivity index (χ2v) is 9.04. The topological polar surface area (TPSA) is 81.7 Å². The van der Waals surface area contributed by atoms with E-state index >= 15 is 0 Å². The molecule has 0 fully saturated rings. The lowest BCUT2D eigenvalue weighted by Gasteiger charge is -2.17. The lowest BCUT2D eigenvalue weighted by molar-refractivity contribution is -0.134. The molecule has 0 spiro atoms. The number of phosphoric ester groups is 1. The average Bonchev–Trinajstić information content (AvgIpc) is 2.84. The maximum absolute atomic E-state index is 12.9. The zero-order valence-corrected chi connectivity index (χ0v) is 21.3. The number of rotatable bonds is 24. The van der Waals surface area contributed by atoms with Gasteiger partial charge in [-0.2, -0.15) is 0 Å². The van der Waals surface area contributed by atoms with Crippen LogP contribution in [0.4, 0.5) is 0 Å². The molecular formula is C24H43O8P. The Balaban J connectivity index is 2.25. The summed E-state index contributed by atoms with van der Waals surface area (Å²) in [4.78, 5) is 5.16. The summed E-state index contributed by atoms with van der Waals surface area (Å²) in [5.74, 6) is 0.414. The van der Waals surface area contributed by atoms with Crippen molar-refractivity contribution in [1.82, 2.24) is 0 Å². The van der Waals surface area contributed by atoms with Crippen LogP contribution in [0.15, 0.2) is 30.3 Å². The van der Waals surface area contributed by atoms with Gasteiger partial charge in [-0.25, -0.2) is 4.57 Å². The van der Waals surface area contributed by atoms with Gasteiger partial charge in [-0.05, 0) is 25.5 Å². The van der Waals surface area contributed by atoms with E-state index in [2.05, 4.69) is 6.92 Å². The molecule has 1 rings (SSSR count). The number of para-hydroxylation sites is 1. The molecular weight excluding hydrogens is 447 g/mol. The van der Waals surface area contributed by atoms with Crippen LogP contribution in [0.25, 0.3) is 0 Å². The number of unbranched alkanes of at least 4 members (excludes halogenated alkanes) is 7. The highest BCUT2D eigenvalue weighted by Crippen LogP contribution is 2.49. The number of hydrogen-bond acceptors (Lipinski definition) is 8. The molecule has 8 nitrogen and oxygen atoms in total. The van der Waals surface area contributed by atoms with Gasteiger partial charge in [0.05, 0.1) is 46.2 Å². The van der Waals surface area contributed by atoms with Crippen LogP contribution in [0.2, 0.25) is 0 Å². The Morgan fingerprint density at radius 3 is 1.82 bits per heavy atom. The van der Waals surface area contributed by atoms with E-state index in [4.69, 9.17) is 32.8 Å². The van der Waals surface area contributed by atoms with Gasteiger partial charge in [0.2, 0.25) is 0 Å². The van der Waals surface area contributed by atoms with Crippen LogP contribution in [0.5, 0.6) is 5.75 Å². The highest BCUT2D eigenvalue weighted by atomic mass is 31.2. The Morgan fingerprint density at radius 1 is 0.636 bits per heavy atom. The highest BCUT2D eigenvalue weighted by molar-refractivity contribution is 7.48. The van der Waals surface area contributed by atoms with Crippen LogP contribution in [0, 0.1) is 0 Å². The van der Waals surface area contributed by atoms with Crippen LogP contribution in [0.1, 0.15) is 65.2 Å². The van der Waals surface area contributed by atoms with E-state index in [1.54, 1.807) is 24.3 Å². The van der Waals surface area contributed by atoms with E-state index < -0.39 is 7.82 Å². The fraction of sp³-hybridized carbons (Fsp3) is 0.750. The predicted octanol–water partition coefficient (Wildman–Crippen LogP) is 6.35. The third kappa shape index (κ3) is 18.1. The molecule has 192 valence electrons. The Labute approximate surface area is 199 Å². The number of phosphoric acid groups is 1. The smallest absolute Gasteiger partial charge is 0.379 e. The van der Waals surface area contributed by atoms with Gasteiger partial charge in [-0.15, -0.1) is 0 Å². The molecule has 1 aromatic carbocycles. The summed E-state index contributed by atoms with van der Waals surface area (Å²) in [7, 11) is -3.88. The lowest BCUT2D eigenvalue weighted by atomic mass is 10.1. The van der Waals surface area contributed by atoms with Gasteiger partial charge < -0.3 is 19.1 Å². The summed E-state index contributed by atoms with van der Waals surface area (Å²) in [5.41, 5.74) is 0. The standard InChI is InChI=1S/C24H43O8P/c1-3-5-6-7-8-9-10-14-17-29-33(25,32-31-24-15-12-11-13-16-24)30-23-22-28-21-20-27-19-18-26-4-2/h11-13,15-16H,3-10,14,17-23H2,1-2H3. The number of hydrogen-bond donors (Lipinski definition) is 0. The first-order valence-electron chi connectivity index (χ1n) is 12.2. The Morgan fingerprint density at radius 2 is 1.18 bits per heavy atom. The van der Waals surface area contributed by atoms with Crippen molar-refractivity contribution in [2.45, 2.75) is 65.2 Å². The second kappa shape index (κ2) is 21.5. The molecule has 0 bridgehead atoms. The molecule has 0 aliphatic carbocycles. The van der Waals surface area contributed by atoms with Gasteiger partial charge in [0.25, 0.3) is 0 Å². The summed E-state index contributed by atoms with van der Waals surface area (Å²) in [6.07, 6.45) is 9.26. The minimum absolute atomic E-state index is 0.0474. The van der Waals surface area contributed by atoms with Crippen LogP contribution in [0.3, 0.4) is 0 Å². The van der Waals surface area contributed by atoms with Crippen LogP contribution < -0.4 is 4.89 Å². The monoisotopic (exact) mass is 490 g/mol. The molecule has 0 heterocycles. The Bertz CT molecular complexity index is 587. The molecule has 0 saturated heterocycles. The third-order valence-electron chi connectivity index (χ3n) is 4.64. The SMILES string of the molecule is CCCCCCCCCCOP(=O)(OCCOCCOCCOCC)OOc1ccccc1. The van der Waals surface area contributed by atoms with Crippen molar-refractivity contribution < 1.29 is 37.4 Å². The molecule has 1 aromatic rings. The minimum Gasteiger partial charge on any atom is -0.379 e. The molecule has 1 atom stereocenters. The highest BCUT2D eigenvalue weighted by Gasteiger charge is 2.29. The van der Waals surface area contributed by atoms with Crippen molar-refractivity contribution in [2.75, 3.05) is 52.9 Å². The molecule has 0 radical (unpaired) electrons. The first kappa shape index (κ1) is 30.0. The zero-order chi connectivity index (χ0) is 23.9. The van der Waals surface area contributed by atoms with Crippen molar-refractivity contribution in [3.8, 4) is 5.75 Å². The van der Waals surface area contributed by atoms with Gasteiger partial charge in [0, 0.05) is 6.61 Å². The summed E-state index contributed by atoms with van der Waals surface area (Å²) >= 11 is 0. The fourth-order valence-electron chi connectivity index (χ4n) is 2.85. The van der Waals surface area contributed by atoms with Gasteiger partial charge in [-0.1, -0.05) is 74.7 Å². The fourth-order valence-corrected chi connectivity index (χ4v) is 3.84. The van der Waals surface area contributed by atoms with E-state index in [-0.39, 0.29) is 19.8 Å². The van der Waals surface area contributed by atoms with E-state index in [0.717, 1.165) is 19.3 Å². The summed E-state index contributed by atoms with van der Waals surface area (Å²) < 4.78 is 44.9. The normalized spacial score (nSPS) is 13.2. The molecule has 0 aromatic heterocycles. The maximum Gasteiger partial charge on any atom is 0.511 e. The van der Waals surface area contributed by atoms with E-state index in [1.807, 2.05) is 13.0 Å². The van der Waals surface area contributed by atoms with Gasteiger partial charge in [-0.3, -0.25) is 9.05 Å². The first-order chi connectivity index (χ1) is 16.2. The van der Waals surface area contributed by atoms with Gasteiger partial charge in [0.1, 0.15) is 0 Å². The molecule has 0 aliphatic rings. The number of ether oxygens (including phenoxy) is 3. The third-order valence-corrected chi connectivity index (χ3v) is 5.90. The van der Waals surface area contributed by atoms with Crippen molar-refractivity contribution in [3.05, 3.63) is 30.3 Å². The molecule has 33 heavy (non-hydrogen) atoms. The molecule has 0 amide bonds. The largest absolute Gasteiger partial charge is 0.511 e. The van der Waals surface area contributed by atoms with Crippen molar-refractivity contribution >= 4 is 7.82 Å².